The van der Waals surface area contributed by atoms with E-state index < -0.39 is 11.9 Å². The van der Waals surface area contributed by atoms with Gasteiger partial charge in [-0.15, -0.1) is 0 Å². The van der Waals surface area contributed by atoms with Gasteiger partial charge in [-0.25, -0.2) is 4.79 Å². The first kappa shape index (κ1) is 14.9. The molecule has 0 aliphatic heterocycles. The lowest BCUT2D eigenvalue weighted by molar-refractivity contribution is -0.140. The van der Waals surface area contributed by atoms with Crippen LogP contribution < -0.4 is 10.6 Å². The highest BCUT2D eigenvalue weighted by molar-refractivity contribution is 5.76. The molecule has 0 aromatic carbocycles. The molecule has 2 amide bonds. The van der Waals surface area contributed by atoms with E-state index in [4.69, 9.17) is 5.11 Å². The van der Waals surface area contributed by atoms with Crippen LogP contribution in [0.1, 0.15) is 39.0 Å². The van der Waals surface area contributed by atoms with E-state index in [2.05, 4.69) is 17.6 Å². The first-order chi connectivity index (χ1) is 9.54. The number of carboxylic acid groups (broad SMARTS) is 1. The second-order valence-corrected chi connectivity index (χ2v) is 6.16. The number of urea groups is 1. The van der Waals surface area contributed by atoms with Crippen LogP contribution >= 0.6 is 0 Å². The van der Waals surface area contributed by atoms with E-state index in [0.717, 1.165) is 12.5 Å². The number of nitrogens with one attached hydrogen (secondary N) is 2. The van der Waals surface area contributed by atoms with Crippen LogP contribution in [0.25, 0.3) is 0 Å². The lowest BCUT2D eigenvalue weighted by Gasteiger charge is -2.27. The third-order valence-corrected chi connectivity index (χ3v) is 4.31. The van der Waals surface area contributed by atoms with E-state index in [9.17, 15) is 9.59 Å². The van der Waals surface area contributed by atoms with Gasteiger partial charge in [0.1, 0.15) is 0 Å². The molecule has 0 aromatic rings. The Labute approximate surface area is 119 Å². The summed E-state index contributed by atoms with van der Waals surface area (Å²) in [6.45, 7) is 2.98. The van der Waals surface area contributed by atoms with Gasteiger partial charge in [-0.1, -0.05) is 31.9 Å². The molecular weight excluding hydrogens is 256 g/mol. The SMILES string of the molecule is CC1CCCC(CNC(=O)NC2C=CC(C(=O)O)C2)C1. The summed E-state index contributed by atoms with van der Waals surface area (Å²) in [5, 5.41) is 14.6. The number of carbonyl (C=O) groups is 2. The predicted octanol–water partition coefficient (Wildman–Crippen LogP) is 2.14. The van der Waals surface area contributed by atoms with Crippen LogP contribution in [0.4, 0.5) is 4.79 Å². The largest absolute Gasteiger partial charge is 0.481 e. The molecule has 0 bridgehead atoms. The summed E-state index contributed by atoms with van der Waals surface area (Å²) in [4.78, 5) is 22.6. The van der Waals surface area contributed by atoms with Crippen LogP contribution in [-0.4, -0.2) is 29.7 Å². The Morgan fingerprint density at radius 2 is 2.05 bits per heavy atom. The number of hydrogen-bond donors (Lipinski definition) is 3. The molecule has 1 fully saturated rings. The summed E-state index contributed by atoms with van der Waals surface area (Å²) in [7, 11) is 0. The van der Waals surface area contributed by atoms with Crippen molar-refractivity contribution in [2.24, 2.45) is 17.8 Å². The van der Waals surface area contributed by atoms with Crippen molar-refractivity contribution in [3.8, 4) is 0 Å². The van der Waals surface area contributed by atoms with E-state index in [1.54, 1.807) is 12.2 Å². The zero-order chi connectivity index (χ0) is 14.5. The second kappa shape index (κ2) is 6.77. The van der Waals surface area contributed by atoms with Gasteiger partial charge in [0, 0.05) is 6.54 Å². The minimum Gasteiger partial charge on any atom is -0.481 e. The molecule has 5 nitrogen and oxygen atoms in total. The van der Waals surface area contributed by atoms with Gasteiger partial charge in [0.2, 0.25) is 0 Å². The standard InChI is InChI=1S/C15H24N2O3/c1-10-3-2-4-11(7-10)9-16-15(20)17-13-6-5-12(8-13)14(18)19/h5-6,10-13H,2-4,7-9H2,1H3,(H,18,19)(H2,16,17,20). The molecule has 0 spiro atoms. The first-order valence-corrected chi connectivity index (χ1v) is 7.50. The molecule has 4 atom stereocenters. The zero-order valence-electron chi connectivity index (χ0n) is 12.0. The Balaban J connectivity index is 1.66. The summed E-state index contributed by atoms with van der Waals surface area (Å²) in [6.07, 6.45) is 8.78. The number of rotatable bonds is 4. The fraction of sp³-hybridized carbons (Fsp3) is 0.733. The van der Waals surface area contributed by atoms with E-state index in [1.807, 2.05) is 0 Å². The predicted molar refractivity (Wildman–Crippen MR) is 76.3 cm³/mol. The van der Waals surface area contributed by atoms with Crippen molar-refractivity contribution in [1.29, 1.82) is 0 Å². The van der Waals surface area contributed by atoms with Gasteiger partial charge in [-0.2, -0.15) is 0 Å². The number of carbonyl (C=O) groups excluding carboxylic acids is 1. The summed E-state index contributed by atoms with van der Waals surface area (Å²) in [5.41, 5.74) is 0. The van der Waals surface area contributed by atoms with Crippen LogP contribution in [0.2, 0.25) is 0 Å². The van der Waals surface area contributed by atoms with Crippen LogP contribution in [0.5, 0.6) is 0 Å². The maximum atomic E-state index is 11.8. The number of carboxylic acids is 1. The van der Waals surface area contributed by atoms with E-state index in [-0.39, 0.29) is 12.1 Å². The molecule has 5 heteroatoms. The fourth-order valence-corrected chi connectivity index (χ4v) is 3.19. The topological polar surface area (TPSA) is 78.4 Å². The van der Waals surface area contributed by atoms with Gasteiger partial charge >= 0.3 is 12.0 Å². The number of amides is 2. The Morgan fingerprint density at radius 3 is 2.70 bits per heavy atom. The second-order valence-electron chi connectivity index (χ2n) is 6.16. The number of hydrogen-bond acceptors (Lipinski definition) is 2. The molecule has 0 aromatic heterocycles. The van der Waals surface area contributed by atoms with Gasteiger partial charge in [-0.05, 0) is 31.1 Å². The molecule has 2 aliphatic carbocycles. The maximum absolute atomic E-state index is 11.8. The first-order valence-electron chi connectivity index (χ1n) is 7.50. The van der Waals surface area contributed by atoms with Crippen molar-refractivity contribution >= 4 is 12.0 Å². The summed E-state index contributed by atoms with van der Waals surface area (Å²) in [5.74, 6) is 0.0322. The Bertz CT molecular complexity index is 395. The highest BCUT2D eigenvalue weighted by atomic mass is 16.4. The van der Waals surface area contributed by atoms with E-state index >= 15 is 0 Å². The summed E-state index contributed by atoms with van der Waals surface area (Å²) in [6, 6.07) is -0.356. The third kappa shape index (κ3) is 4.25. The molecule has 2 aliphatic rings. The van der Waals surface area contributed by atoms with Gasteiger partial charge in [0.25, 0.3) is 0 Å². The van der Waals surface area contributed by atoms with Crippen molar-refractivity contribution in [1.82, 2.24) is 10.6 Å². The van der Waals surface area contributed by atoms with Gasteiger partial charge in [0.15, 0.2) is 0 Å². The van der Waals surface area contributed by atoms with Gasteiger partial charge in [0.05, 0.1) is 12.0 Å². The molecule has 0 heterocycles. The van der Waals surface area contributed by atoms with Gasteiger partial charge in [-0.3, -0.25) is 4.79 Å². The quantitative estimate of drug-likeness (QED) is 0.690. The lowest BCUT2D eigenvalue weighted by Crippen LogP contribution is -2.43. The van der Waals surface area contributed by atoms with Crippen molar-refractivity contribution < 1.29 is 14.7 Å². The van der Waals surface area contributed by atoms with E-state index in [0.29, 0.717) is 12.3 Å². The smallest absolute Gasteiger partial charge is 0.315 e. The summed E-state index contributed by atoms with van der Waals surface area (Å²) >= 11 is 0. The van der Waals surface area contributed by atoms with Crippen LogP contribution in [-0.2, 0) is 4.79 Å². The molecule has 3 N–H and O–H groups in total. The van der Waals surface area contributed by atoms with Crippen molar-refractivity contribution in [3.63, 3.8) is 0 Å². The maximum Gasteiger partial charge on any atom is 0.315 e. The Kier molecular flexibility index (Phi) is 5.04. The molecule has 0 saturated heterocycles. The van der Waals surface area contributed by atoms with Crippen molar-refractivity contribution in [2.45, 2.75) is 45.1 Å². The van der Waals surface area contributed by atoms with E-state index in [1.165, 1.54) is 25.7 Å². The van der Waals surface area contributed by atoms with Gasteiger partial charge < -0.3 is 15.7 Å². The van der Waals surface area contributed by atoms with Crippen LogP contribution in [0.15, 0.2) is 12.2 Å². The fourth-order valence-electron chi connectivity index (χ4n) is 3.19. The van der Waals surface area contributed by atoms with Crippen LogP contribution in [0, 0.1) is 17.8 Å². The average Bonchev–Trinajstić information content (AvgIpc) is 2.85. The zero-order valence-corrected chi connectivity index (χ0v) is 12.0. The molecule has 20 heavy (non-hydrogen) atoms. The Morgan fingerprint density at radius 1 is 1.25 bits per heavy atom. The molecule has 0 radical (unpaired) electrons. The Hall–Kier alpha value is -1.52. The van der Waals surface area contributed by atoms with Crippen molar-refractivity contribution in [3.05, 3.63) is 12.2 Å². The van der Waals surface area contributed by atoms with Crippen LogP contribution in [0.3, 0.4) is 0 Å². The molecule has 1 saturated carbocycles. The summed E-state index contributed by atoms with van der Waals surface area (Å²) < 4.78 is 0. The normalized spacial score (nSPS) is 32.9. The highest BCUT2D eigenvalue weighted by Gasteiger charge is 2.25. The highest BCUT2D eigenvalue weighted by Crippen LogP contribution is 2.27. The monoisotopic (exact) mass is 280 g/mol. The molecule has 112 valence electrons. The molecule has 2 rings (SSSR count). The molecular formula is C15H24N2O3. The minimum absolute atomic E-state index is 0.165. The lowest BCUT2D eigenvalue weighted by atomic mass is 9.82. The third-order valence-electron chi connectivity index (χ3n) is 4.31. The minimum atomic E-state index is -0.831. The average molecular weight is 280 g/mol. The number of aliphatic carboxylic acids is 1. The molecule has 4 unspecified atom stereocenters. The van der Waals surface area contributed by atoms with Crippen molar-refractivity contribution in [2.75, 3.05) is 6.54 Å².